The van der Waals surface area contributed by atoms with Crippen molar-refractivity contribution >= 4 is 11.7 Å². The average molecular weight is 306 g/mol. The van der Waals surface area contributed by atoms with Gasteiger partial charge in [-0.2, -0.15) is 0 Å². The molecular formula is C16H16F2N2O2. The molecule has 4 nitrogen and oxygen atoms in total. The largest absolute Gasteiger partial charge is 0.478 e. The Bertz CT molecular complexity index is 685. The minimum atomic E-state index is -2.58. The average Bonchev–Trinajstić information content (AvgIpc) is 2.46. The maximum absolute atomic E-state index is 12.4. The maximum atomic E-state index is 12.4. The second-order valence-corrected chi connectivity index (χ2v) is 5.03. The number of hydrogen-bond acceptors (Lipinski definition) is 3. The first-order valence-corrected chi connectivity index (χ1v) is 6.70. The lowest BCUT2D eigenvalue weighted by atomic mass is 10.0. The van der Waals surface area contributed by atoms with Gasteiger partial charge in [0.05, 0.1) is 5.56 Å². The first kappa shape index (κ1) is 15.9. The molecule has 0 aliphatic carbocycles. The van der Waals surface area contributed by atoms with Crippen LogP contribution in [0.1, 0.15) is 39.2 Å². The highest BCUT2D eigenvalue weighted by atomic mass is 19.3. The molecule has 0 bridgehead atoms. The van der Waals surface area contributed by atoms with Crippen LogP contribution in [0, 0.1) is 13.8 Å². The lowest BCUT2D eigenvalue weighted by Gasteiger charge is -2.12. The number of carboxylic acids is 1. The summed E-state index contributed by atoms with van der Waals surface area (Å²) in [6, 6.07) is 6.23. The molecule has 116 valence electrons. The molecule has 0 saturated heterocycles. The number of benzene rings is 1. The number of alkyl halides is 2. The third kappa shape index (κ3) is 3.58. The van der Waals surface area contributed by atoms with Crippen LogP contribution in [0.2, 0.25) is 0 Å². The first-order valence-electron chi connectivity index (χ1n) is 6.70. The van der Waals surface area contributed by atoms with Crippen molar-refractivity contribution in [2.24, 2.45) is 0 Å². The monoisotopic (exact) mass is 306 g/mol. The number of nitrogens with zero attached hydrogens (tertiary/aromatic N) is 1. The molecule has 1 aromatic heterocycles. The molecule has 0 atom stereocenters. The number of halogens is 2. The van der Waals surface area contributed by atoms with E-state index in [0.29, 0.717) is 17.8 Å². The lowest BCUT2D eigenvalue weighted by molar-refractivity contribution is 0.0696. The van der Waals surface area contributed by atoms with Crippen LogP contribution in [-0.4, -0.2) is 16.1 Å². The number of aromatic nitrogens is 1. The summed E-state index contributed by atoms with van der Waals surface area (Å²) in [5.41, 5.74) is 3.02. The summed E-state index contributed by atoms with van der Waals surface area (Å²) >= 11 is 0. The number of rotatable bonds is 5. The van der Waals surface area contributed by atoms with Gasteiger partial charge in [0.2, 0.25) is 0 Å². The maximum Gasteiger partial charge on any atom is 0.336 e. The van der Waals surface area contributed by atoms with E-state index in [0.717, 1.165) is 11.1 Å². The Morgan fingerprint density at radius 1 is 1.27 bits per heavy atom. The summed E-state index contributed by atoms with van der Waals surface area (Å²) in [6.07, 6.45) is -1.20. The van der Waals surface area contributed by atoms with Crippen molar-refractivity contribution in [2.45, 2.75) is 26.8 Å². The molecule has 2 aromatic rings. The van der Waals surface area contributed by atoms with Gasteiger partial charge in [0, 0.05) is 18.4 Å². The molecule has 0 amide bonds. The Morgan fingerprint density at radius 3 is 2.55 bits per heavy atom. The number of hydrogen-bond donors (Lipinski definition) is 2. The molecule has 2 rings (SSSR count). The number of nitrogens with one attached hydrogen (secondary N) is 1. The van der Waals surface area contributed by atoms with Crippen LogP contribution >= 0.6 is 0 Å². The minimum Gasteiger partial charge on any atom is -0.478 e. The highest BCUT2D eigenvalue weighted by Crippen LogP contribution is 2.22. The Hall–Kier alpha value is -2.50. The van der Waals surface area contributed by atoms with Gasteiger partial charge in [-0.05, 0) is 42.7 Å². The molecule has 1 heterocycles. The van der Waals surface area contributed by atoms with Gasteiger partial charge in [-0.25, -0.2) is 13.6 Å². The van der Waals surface area contributed by atoms with E-state index >= 15 is 0 Å². The van der Waals surface area contributed by atoms with E-state index in [4.69, 9.17) is 5.11 Å². The van der Waals surface area contributed by atoms with Gasteiger partial charge in [0.25, 0.3) is 6.43 Å². The van der Waals surface area contributed by atoms with Gasteiger partial charge in [0.1, 0.15) is 5.69 Å². The van der Waals surface area contributed by atoms with Crippen molar-refractivity contribution in [2.75, 3.05) is 5.32 Å². The quantitative estimate of drug-likeness (QED) is 0.878. The second kappa shape index (κ2) is 6.51. The zero-order chi connectivity index (χ0) is 16.3. The van der Waals surface area contributed by atoms with Gasteiger partial charge in [-0.1, -0.05) is 12.1 Å². The Labute approximate surface area is 126 Å². The molecule has 6 heteroatoms. The molecule has 0 saturated carbocycles. The minimum absolute atomic E-state index is 0.235. The summed E-state index contributed by atoms with van der Waals surface area (Å²) in [5.74, 6) is -0.983. The number of anilines is 1. The summed E-state index contributed by atoms with van der Waals surface area (Å²) in [5, 5.41) is 12.2. The van der Waals surface area contributed by atoms with E-state index in [1.165, 1.54) is 12.3 Å². The molecule has 0 radical (unpaired) electrons. The fourth-order valence-corrected chi connectivity index (χ4v) is 2.14. The molecule has 22 heavy (non-hydrogen) atoms. The van der Waals surface area contributed by atoms with Gasteiger partial charge in [0.15, 0.2) is 0 Å². The predicted molar refractivity (Wildman–Crippen MR) is 79.4 cm³/mol. The smallest absolute Gasteiger partial charge is 0.336 e. The first-order chi connectivity index (χ1) is 10.4. The Kier molecular flexibility index (Phi) is 4.70. The van der Waals surface area contributed by atoms with Gasteiger partial charge < -0.3 is 10.4 Å². The van der Waals surface area contributed by atoms with Gasteiger partial charge in [-0.3, -0.25) is 4.98 Å². The predicted octanol–water partition coefficient (Wildman–Crippen LogP) is 3.95. The molecule has 0 unspecified atom stereocenters. The van der Waals surface area contributed by atoms with E-state index < -0.39 is 12.4 Å². The van der Waals surface area contributed by atoms with E-state index in [1.807, 2.05) is 6.92 Å². The van der Waals surface area contributed by atoms with Crippen LogP contribution in [0.4, 0.5) is 14.5 Å². The second-order valence-electron chi connectivity index (χ2n) is 5.03. The fraction of sp³-hybridized carbons (Fsp3) is 0.250. The molecule has 2 N–H and O–H groups in total. The Morgan fingerprint density at radius 2 is 2.00 bits per heavy atom. The van der Waals surface area contributed by atoms with Gasteiger partial charge >= 0.3 is 5.97 Å². The highest BCUT2D eigenvalue weighted by Gasteiger charge is 2.11. The summed E-state index contributed by atoms with van der Waals surface area (Å²) in [6.45, 7) is 3.99. The molecule has 1 aromatic carbocycles. The summed E-state index contributed by atoms with van der Waals surface area (Å²) in [7, 11) is 0. The lowest BCUT2D eigenvalue weighted by Crippen LogP contribution is -2.06. The zero-order valence-electron chi connectivity index (χ0n) is 12.2. The van der Waals surface area contributed by atoms with Gasteiger partial charge in [-0.15, -0.1) is 0 Å². The normalized spacial score (nSPS) is 10.8. The van der Waals surface area contributed by atoms with Crippen LogP contribution in [0.15, 0.2) is 30.5 Å². The third-order valence-corrected chi connectivity index (χ3v) is 3.36. The molecule has 0 spiro atoms. The number of carboxylic acid groups (broad SMARTS) is 1. The van der Waals surface area contributed by atoms with Crippen molar-refractivity contribution in [3.8, 4) is 0 Å². The molecular weight excluding hydrogens is 290 g/mol. The van der Waals surface area contributed by atoms with Crippen LogP contribution < -0.4 is 5.32 Å². The number of pyridine rings is 1. The summed E-state index contributed by atoms with van der Waals surface area (Å²) in [4.78, 5) is 14.8. The molecule has 0 aliphatic rings. The van der Waals surface area contributed by atoms with Crippen LogP contribution in [-0.2, 0) is 6.54 Å². The third-order valence-electron chi connectivity index (χ3n) is 3.36. The van der Waals surface area contributed by atoms with E-state index in [9.17, 15) is 13.6 Å². The van der Waals surface area contributed by atoms with E-state index in [-0.39, 0.29) is 11.3 Å². The highest BCUT2D eigenvalue weighted by molar-refractivity contribution is 5.91. The molecule has 0 fully saturated rings. The number of aromatic carboxylic acids is 1. The van der Waals surface area contributed by atoms with Crippen molar-refractivity contribution < 1.29 is 18.7 Å². The van der Waals surface area contributed by atoms with E-state index in [1.54, 1.807) is 25.1 Å². The number of carbonyl (C=O) groups is 1. The van der Waals surface area contributed by atoms with Crippen molar-refractivity contribution in [3.05, 3.63) is 58.4 Å². The summed E-state index contributed by atoms with van der Waals surface area (Å²) < 4.78 is 24.9. The fourth-order valence-electron chi connectivity index (χ4n) is 2.14. The van der Waals surface area contributed by atoms with Crippen molar-refractivity contribution in [3.63, 3.8) is 0 Å². The standard InChI is InChI=1S/C16H16F2N2O2/c1-9-5-10(2)14(6-12(9)16(21)22)20-8-11-3-4-13(15(17)18)19-7-11/h3-7,15,20H,8H2,1-2H3,(H,21,22). The van der Waals surface area contributed by atoms with Crippen LogP contribution in [0.5, 0.6) is 0 Å². The van der Waals surface area contributed by atoms with Crippen LogP contribution in [0.3, 0.4) is 0 Å². The van der Waals surface area contributed by atoms with Crippen LogP contribution in [0.25, 0.3) is 0 Å². The Balaban J connectivity index is 2.14. The van der Waals surface area contributed by atoms with Crippen molar-refractivity contribution in [1.29, 1.82) is 0 Å². The zero-order valence-corrected chi connectivity index (χ0v) is 12.2. The number of aryl methyl sites for hydroxylation is 2. The van der Waals surface area contributed by atoms with Crippen molar-refractivity contribution in [1.82, 2.24) is 4.98 Å². The topological polar surface area (TPSA) is 62.2 Å². The SMILES string of the molecule is Cc1cc(C)c(C(=O)O)cc1NCc1ccc(C(F)F)nc1. The molecule has 0 aliphatic heterocycles. The van der Waals surface area contributed by atoms with E-state index in [2.05, 4.69) is 10.3 Å².